The molecule has 1 N–H and O–H groups in total. The molecule has 0 spiro atoms. The average Bonchev–Trinajstić information content (AvgIpc) is 2.17. The Morgan fingerprint density at radius 2 is 1.93 bits per heavy atom. The van der Waals surface area contributed by atoms with Gasteiger partial charge >= 0.3 is 0 Å². The predicted molar refractivity (Wildman–Crippen MR) is 58.2 cm³/mol. The van der Waals surface area contributed by atoms with E-state index in [-0.39, 0.29) is 6.10 Å². The highest BCUT2D eigenvalue weighted by Gasteiger charge is 2.30. The van der Waals surface area contributed by atoms with Crippen LogP contribution < -0.4 is 0 Å². The van der Waals surface area contributed by atoms with Gasteiger partial charge < -0.3 is 10.0 Å². The molecule has 0 amide bonds. The summed E-state index contributed by atoms with van der Waals surface area (Å²) < 4.78 is 0. The summed E-state index contributed by atoms with van der Waals surface area (Å²) >= 11 is 0. The van der Waals surface area contributed by atoms with Crippen molar-refractivity contribution in [2.75, 3.05) is 19.6 Å². The summed E-state index contributed by atoms with van der Waals surface area (Å²) in [6.45, 7) is 5.23. The van der Waals surface area contributed by atoms with Crippen LogP contribution in [0.15, 0.2) is 0 Å². The molecule has 2 fully saturated rings. The van der Waals surface area contributed by atoms with Gasteiger partial charge in [-0.15, -0.1) is 0 Å². The maximum absolute atomic E-state index is 9.36. The smallest absolute Gasteiger partial charge is 0.0639 e. The summed E-state index contributed by atoms with van der Waals surface area (Å²) in [6.07, 6.45) is 7.00. The van der Waals surface area contributed by atoms with E-state index in [4.69, 9.17) is 0 Å². The molecule has 0 bridgehead atoms. The highest BCUT2D eigenvalue weighted by atomic mass is 16.3. The van der Waals surface area contributed by atoms with Crippen molar-refractivity contribution in [1.29, 1.82) is 0 Å². The lowest BCUT2D eigenvalue weighted by molar-refractivity contribution is 0.0520. The molecule has 0 aromatic rings. The molecular weight excluding hydrogens is 174 g/mol. The van der Waals surface area contributed by atoms with Crippen LogP contribution in [0.2, 0.25) is 0 Å². The fourth-order valence-corrected chi connectivity index (χ4v) is 3.22. The molecule has 1 aliphatic heterocycles. The van der Waals surface area contributed by atoms with Gasteiger partial charge in [-0.2, -0.15) is 0 Å². The zero-order chi connectivity index (χ0) is 9.97. The van der Waals surface area contributed by atoms with Crippen LogP contribution in [-0.4, -0.2) is 35.7 Å². The monoisotopic (exact) mass is 197 g/mol. The molecule has 2 heteroatoms. The van der Waals surface area contributed by atoms with Gasteiger partial charge in [0.05, 0.1) is 6.10 Å². The van der Waals surface area contributed by atoms with Crippen LogP contribution in [0.4, 0.5) is 0 Å². The third kappa shape index (κ3) is 2.48. The number of aliphatic hydroxyl groups excluding tert-OH is 1. The lowest BCUT2D eigenvalue weighted by atomic mass is 9.75. The lowest BCUT2D eigenvalue weighted by Crippen LogP contribution is -2.44. The molecular formula is C12H23NO. The molecule has 1 aliphatic carbocycles. The van der Waals surface area contributed by atoms with Gasteiger partial charge in [0.1, 0.15) is 0 Å². The molecule has 2 aliphatic rings. The summed E-state index contributed by atoms with van der Waals surface area (Å²) in [7, 11) is 0. The first-order valence-corrected chi connectivity index (χ1v) is 6.16. The van der Waals surface area contributed by atoms with Crippen molar-refractivity contribution in [2.24, 2.45) is 11.8 Å². The molecule has 1 saturated carbocycles. The zero-order valence-corrected chi connectivity index (χ0v) is 9.28. The van der Waals surface area contributed by atoms with Crippen molar-refractivity contribution in [1.82, 2.24) is 4.90 Å². The minimum Gasteiger partial charge on any atom is -0.392 e. The number of rotatable bonds is 2. The van der Waals surface area contributed by atoms with Gasteiger partial charge in [-0.25, -0.2) is 0 Å². The van der Waals surface area contributed by atoms with Gasteiger partial charge in [0.15, 0.2) is 0 Å². The topological polar surface area (TPSA) is 23.5 Å². The van der Waals surface area contributed by atoms with Gasteiger partial charge in [0.25, 0.3) is 0 Å². The van der Waals surface area contributed by atoms with Crippen molar-refractivity contribution in [3.8, 4) is 0 Å². The van der Waals surface area contributed by atoms with Crippen molar-refractivity contribution < 1.29 is 5.11 Å². The predicted octanol–water partition coefficient (Wildman–Crippen LogP) is 1.88. The lowest BCUT2D eigenvalue weighted by Gasteiger charge is -2.41. The Hall–Kier alpha value is -0.0800. The van der Waals surface area contributed by atoms with Gasteiger partial charge in [-0.05, 0) is 38.1 Å². The van der Waals surface area contributed by atoms with Crippen LogP contribution in [0.3, 0.4) is 0 Å². The second-order valence-corrected chi connectivity index (χ2v) is 5.20. The molecule has 1 saturated heterocycles. The van der Waals surface area contributed by atoms with Crippen LogP contribution in [0, 0.1) is 11.8 Å². The maximum Gasteiger partial charge on any atom is 0.0639 e. The first-order chi connectivity index (χ1) is 6.75. The molecule has 82 valence electrons. The van der Waals surface area contributed by atoms with Crippen LogP contribution >= 0.6 is 0 Å². The van der Waals surface area contributed by atoms with E-state index in [2.05, 4.69) is 4.90 Å². The fourth-order valence-electron chi connectivity index (χ4n) is 3.22. The highest BCUT2D eigenvalue weighted by molar-refractivity contribution is 4.83. The number of aliphatic hydroxyl groups is 1. The van der Waals surface area contributed by atoms with Crippen molar-refractivity contribution in [2.45, 2.75) is 45.1 Å². The number of piperidine rings is 1. The second-order valence-electron chi connectivity index (χ2n) is 5.20. The third-order valence-electron chi connectivity index (χ3n) is 3.90. The van der Waals surface area contributed by atoms with Gasteiger partial charge in [0, 0.05) is 13.1 Å². The molecule has 0 aromatic heterocycles. The molecule has 1 heterocycles. The van der Waals surface area contributed by atoms with Crippen molar-refractivity contribution in [3.63, 3.8) is 0 Å². The summed E-state index contributed by atoms with van der Waals surface area (Å²) in [6, 6.07) is 0. The Bertz CT molecular complexity index is 181. The molecule has 0 aromatic carbocycles. The second kappa shape index (κ2) is 4.63. The molecule has 14 heavy (non-hydrogen) atoms. The van der Waals surface area contributed by atoms with E-state index in [9.17, 15) is 5.11 Å². The van der Waals surface area contributed by atoms with Gasteiger partial charge in [0.2, 0.25) is 0 Å². The Morgan fingerprint density at radius 1 is 1.21 bits per heavy atom. The van der Waals surface area contributed by atoms with E-state index in [1.54, 1.807) is 0 Å². The van der Waals surface area contributed by atoms with Crippen LogP contribution in [0.25, 0.3) is 0 Å². The Kier molecular flexibility index (Phi) is 3.45. The molecule has 0 radical (unpaired) electrons. The first-order valence-electron chi connectivity index (χ1n) is 6.16. The summed E-state index contributed by atoms with van der Waals surface area (Å²) in [5, 5.41) is 9.36. The molecule has 3 atom stereocenters. The number of fused-ring (bicyclic) bond motifs is 1. The quantitative estimate of drug-likeness (QED) is 0.730. The first kappa shape index (κ1) is 10.4. The van der Waals surface area contributed by atoms with Crippen molar-refractivity contribution in [3.05, 3.63) is 0 Å². The normalized spacial score (nSPS) is 36.4. The van der Waals surface area contributed by atoms with E-state index < -0.39 is 0 Å². The van der Waals surface area contributed by atoms with Crippen LogP contribution in [-0.2, 0) is 0 Å². The fraction of sp³-hybridized carbons (Fsp3) is 1.00. The number of β-amino-alcohol motifs (C(OH)–C–C–N with tert-alkyl or cyclic N) is 1. The SMILES string of the molecule is CC(O)CN1CCC2CCCCC2C1. The third-order valence-corrected chi connectivity index (χ3v) is 3.90. The summed E-state index contributed by atoms with van der Waals surface area (Å²) in [5.74, 6) is 1.95. The Morgan fingerprint density at radius 3 is 2.64 bits per heavy atom. The Labute approximate surface area is 87.3 Å². The Balaban J connectivity index is 1.83. The maximum atomic E-state index is 9.36. The number of likely N-dealkylation sites (tertiary alicyclic amines) is 1. The highest BCUT2D eigenvalue weighted by Crippen LogP contribution is 2.35. The number of hydrogen-bond donors (Lipinski definition) is 1. The molecule has 2 nitrogen and oxygen atoms in total. The minimum absolute atomic E-state index is 0.157. The summed E-state index contributed by atoms with van der Waals surface area (Å²) in [5.41, 5.74) is 0. The van der Waals surface area contributed by atoms with E-state index >= 15 is 0 Å². The van der Waals surface area contributed by atoms with E-state index in [1.165, 1.54) is 45.2 Å². The zero-order valence-electron chi connectivity index (χ0n) is 9.28. The number of nitrogens with zero attached hydrogens (tertiary/aromatic N) is 1. The van der Waals surface area contributed by atoms with Crippen LogP contribution in [0.1, 0.15) is 39.0 Å². The largest absolute Gasteiger partial charge is 0.392 e. The summed E-state index contributed by atoms with van der Waals surface area (Å²) in [4.78, 5) is 2.46. The van der Waals surface area contributed by atoms with Crippen molar-refractivity contribution >= 4 is 0 Å². The average molecular weight is 197 g/mol. The van der Waals surface area contributed by atoms with E-state index in [0.29, 0.717) is 0 Å². The molecule has 2 rings (SSSR count). The standard InChI is InChI=1S/C12H23NO/c1-10(14)8-13-7-6-11-4-2-3-5-12(11)9-13/h10-12,14H,2-9H2,1H3. The molecule has 3 unspecified atom stereocenters. The van der Waals surface area contributed by atoms with E-state index in [0.717, 1.165) is 18.4 Å². The van der Waals surface area contributed by atoms with Crippen LogP contribution in [0.5, 0.6) is 0 Å². The van der Waals surface area contributed by atoms with E-state index in [1.807, 2.05) is 6.92 Å². The van der Waals surface area contributed by atoms with Gasteiger partial charge in [-0.1, -0.05) is 19.3 Å². The number of hydrogen-bond acceptors (Lipinski definition) is 2. The minimum atomic E-state index is -0.157. The van der Waals surface area contributed by atoms with Gasteiger partial charge in [-0.3, -0.25) is 0 Å².